The van der Waals surface area contributed by atoms with Crippen molar-refractivity contribution in [2.45, 2.75) is 6.92 Å². The molecule has 0 radical (unpaired) electrons. The SMILES string of the molecule is Cc1cccc(N(c2ccccc2)c2ccc(C=Cc3ccc(-c4ccc(N(c5ccccc5)c5ccccc5)cc4)cc3)cc2)c1. The molecule has 0 spiro atoms. The first-order valence-electron chi connectivity index (χ1n) is 16.0. The molecule has 2 nitrogen and oxygen atoms in total. The van der Waals surface area contributed by atoms with Crippen LogP contribution >= 0.6 is 0 Å². The molecule has 0 atom stereocenters. The van der Waals surface area contributed by atoms with Crippen LogP contribution in [0, 0.1) is 6.92 Å². The van der Waals surface area contributed by atoms with Crippen LogP contribution in [0.1, 0.15) is 16.7 Å². The summed E-state index contributed by atoms with van der Waals surface area (Å²) in [7, 11) is 0. The normalized spacial score (nSPS) is 11.0. The fraction of sp³-hybridized carbons (Fsp3) is 0.0222. The summed E-state index contributed by atoms with van der Waals surface area (Å²) in [5.41, 5.74) is 12.8. The summed E-state index contributed by atoms with van der Waals surface area (Å²) in [5.74, 6) is 0. The minimum absolute atomic E-state index is 1.13. The Bertz CT molecular complexity index is 2010. The Labute approximate surface area is 278 Å². The van der Waals surface area contributed by atoms with Gasteiger partial charge in [-0.1, -0.05) is 127 Å². The lowest BCUT2D eigenvalue weighted by atomic mass is 10.0. The maximum Gasteiger partial charge on any atom is 0.0464 e. The van der Waals surface area contributed by atoms with E-state index in [1.54, 1.807) is 0 Å². The van der Waals surface area contributed by atoms with E-state index in [0.29, 0.717) is 0 Å². The van der Waals surface area contributed by atoms with Gasteiger partial charge in [0.15, 0.2) is 0 Å². The molecule has 0 saturated carbocycles. The van der Waals surface area contributed by atoms with Crippen LogP contribution in [0.15, 0.2) is 188 Å². The first-order chi connectivity index (χ1) is 23.2. The van der Waals surface area contributed by atoms with Crippen molar-refractivity contribution in [1.29, 1.82) is 0 Å². The molecule has 0 unspecified atom stereocenters. The number of aryl methyl sites for hydroxylation is 1. The summed E-state index contributed by atoms with van der Waals surface area (Å²) in [6.07, 6.45) is 4.35. The minimum atomic E-state index is 1.13. The topological polar surface area (TPSA) is 6.48 Å². The second kappa shape index (κ2) is 13.9. The van der Waals surface area contributed by atoms with Gasteiger partial charge in [0.05, 0.1) is 0 Å². The molecule has 0 heterocycles. The van der Waals surface area contributed by atoms with Gasteiger partial charge in [-0.3, -0.25) is 0 Å². The van der Waals surface area contributed by atoms with Gasteiger partial charge in [-0.05, 0) is 108 Å². The van der Waals surface area contributed by atoms with Crippen LogP contribution < -0.4 is 9.80 Å². The van der Waals surface area contributed by atoms with Crippen LogP contribution in [-0.4, -0.2) is 0 Å². The standard InChI is InChI=1S/C45H36N2/c1-35-12-11-19-45(34-35)47(42-17-9-4-10-18-42)43-30-24-37(25-31-43)21-20-36-22-26-38(27-23-36)39-28-32-44(33-29-39)46(40-13-5-2-6-14-40)41-15-7-3-8-16-41/h2-34H,1H3. The molecule has 7 aromatic rings. The Balaban J connectivity index is 1.07. The van der Waals surface area contributed by atoms with Crippen molar-refractivity contribution in [1.82, 2.24) is 0 Å². The molecule has 0 saturated heterocycles. The molecule has 0 aliphatic carbocycles. The summed E-state index contributed by atoms with van der Waals surface area (Å²) in [6.45, 7) is 2.13. The number of rotatable bonds is 9. The Morgan fingerprint density at radius 1 is 0.319 bits per heavy atom. The second-order valence-electron chi connectivity index (χ2n) is 11.6. The van der Waals surface area contributed by atoms with Crippen molar-refractivity contribution in [3.8, 4) is 11.1 Å². The Morgan fingerprint density at radius 2 is 0.660 bits per heavy atom. The molecule has 2 heteroatoms. The largest absolute Gasteiger partial charge is 0.311 e. The number of benzene rings is 7. The van der Waals surface area contributed by atoms with Crippen LogP contribution in [0.3, 0.4) is 0 Å². The Kier molecular flexibility index (Phi) is 8.74. The number of hydrogen-bond acceptors (Lipinski definition) is 2. The molecule has 0 N–H and O–H groups in total. The third-order valence-electron chi connectivity index (χ3n) is 8.29. The molecule has 7 rings (SSSR count). The lowest BCUT2D eigenvalue weighted by Crippen LogP contribution is -2.09. The monoisotopic (exact) mass is 604 g/mol. The van der Waals surface area contributed by atoms with Gasteiger partial charge in [0, 0.05) is 34.1 Å². The maximum absolute atomic E-state index is 2.30. The van der Waals surface area contributed by atoms with E-state index in [1.165, 1.54) is 22.3 Å². The predicted octanol–water partition coefficient (Wildman–Crippen LogP) is 12.8. The quantitative estimate of drug-likeness (QED) is 0.151. The van der Waals surface area contributed by atoms with E-state index in [2.05, 4.69) is 217 Å². The zero-order valence-corrected chi connectivity index (χ0v) is 26.4. The maximum atomic E-state index is 2.30. The molecule has 0 amide bonds. The van der Waals surface area contributed by atoms with Crippen LogP contribution in [0.2, 0.25) is 0 Å². The first kappa shape index (κ1) is 29.6. The smallest absolute Gasteiger partial charge is 0.0464 e. The van der Waals surface area contributed by atoms with Gasteiger partial charge in [0.1, 0.15) is 0 Å². The van der Waals surface area contributed by atoms with Gasteiger partial charge in [-0.2, -0.15) is 0 Å². The molecule has 0 aromatic heterocycles. The molecule has 0 aliphatic rings. The molecular weight excluding hydrogens is 569 g/mol. The Hall–Kier alpha value is -6.12. The zero-order chi connectivity index (χ0) is 31.8. The summed E-state index contributed by atoms with van der Waals surface area (Å²) in [4.78, 5) is 4.58. The number of nitrogens with zero attached hydrogens (tertiary/aromatic N) is 2. The van der Waals surface area contributed by atoms with Gasteiger partial charge in [-0.15, -0.1) is 0 Å². The number of anilines is 6. The zero-order valence-electron chi connectivity index (χ0n) is 26.4. The van der Waals surface area contributed by atoms with E-state index in [9.17, 15) is 0 Å². The van der Waals surface area contributed by atoms with E-state index in [1.807, 2.05) is 0 Å². The van der Waals surface area contributed by atoms with Crippen molar-refractivity contribution >= 4 is 46.3 Å². The summed E-state index contributed by atoms with van der Waals surface area (Å²) < 4.78 is 0. The third-order valence-corrected chi connectivity index (χ3v) is 8.29. The Morgan fingerprint density at radius 3 is 1.11 bits per heavy atom. The van der Waals surface area contributed by atoms with E-state index in [4.69, 9.17) is 0 Å². The van der Waals surface area contributed by atoms with Crippen LogP contribution in [-0.2, 0) is 0 Å². The van der Waals surface area contributed by atoms with E-state index >= 15 is 0 Å². The number of hydrogen-bond donors (Lipinski definition) is 0. The molecule has 0 aliphatic heterocycles. The fourth-order valence-electron chi connectivity index (χ4n) is 5.91. The highest BCUT2D eigenvalue weighted by molar-refractivity contribution is 5.80. The minimum Gasteiger partial charge on any atom is -0.311 e. The van der Waals surface area contributed by atoms with Crippen molar-refractivity contribution < 1.29 is 0 Å². The van der Waals surface area contributed by atoms with Crippen LogP contribution in [0.5, 0.6) is 0 Å². The average Bonchev–Trinajstić information content (AvgIpc) is 3.14. The second-order valence-corrected chi connectivity index (χ2v) is 11.6. The van der Waals surface area contributed by atoms with Gasteiger partial charge in [0.2, 0.25) is 0 Å². The lowest BCUT2D eigenvalue weighted by Gasteiger charge is -2.25. The summed E-state index contributed by atoms with van der Waals surface area (Å²) >= 11 is 0. The van der Waals surface area contributed by atoms with Crippen molar-refractivity contribution in [2.24, 2.45) is 0 Å². The third kappa shape index (κ3) is 6.93. The molecule has 0 bridgehead atoms. The van der Waals surface area contributed by atoms with E-state index < -0.39 is 0 Å². The molecule has 0 fully saturated rings. The highest BCUT2D eigenvalue weighted by Gasteiger charge is 2.13. The lowest BCUT2D eigenvalue weighted by molar-refractivity contribution is 1.27. The van der Waals surface area contributed by atoms with Crippen molar-refractivity contribution in [3.05, 3.63) is 205 Å². The summed E-state index contributed by atoms with van der Waals surface area (Å²) in [6, 6.07) is 66.5. The van der Waals surface area contributed by atoms with E-state index in [0.717, 1.165) is 39.7 Å². The first-order valence-corrected chi connectivity index (χ1v) is 16.0. The van der Waals surface area contributed by atoms with Crippen LogP contribution in [0.4, 0.5) is 34.1 Å². The van der Waals surface area contributed by atoms with Crippen molar-refractivity contribution in [2.75, 3.05) is 9.80 Å². The van der Waals surface area contributed by atoms with Gasteiger partial charge in [-0.25, -0.2) is 0 Å². The van der Waals surface area contributed by atoms with Gasteiger partial charge in [0.25, 0.3) is 0 Å². The van der Waals surface area contributed by atoms with Gasteiger partial charge >= 0.3 is 0 Å². The van der Waals surface area contributed by atoms with Crippen molar-refractivity contribution in [3.63, 3.8) is 0 Å². The van der Waals surface area contributed by atoms with Crippen LogP contribution in [0.25, 0.3) is 23.3 Å². The average molecular weight is 605 g/mol. The highest BCUT2D eigenvalue weighted by atomic mass is 15.1. The predicted molar refractivity (Wildman–Crippen MR) is 201 cm³/mol. The molecule has 226 valence electrons. The molecule has 47 heavy (non-hydrogen) atoms. The van der Waals surface area contributed by atoms with E-state index in [-0.39, 0.29) is 0 Å². The molecule has 7 aromatic carbocycles. The van der Waals surface area contributed by atoms with Gasteiger partial charge < -0.3 is 9.80 Å². The molecular formula is C45H36N2. The fourth-order valence-corrected chi connectivity index (χ4v) is 5.91. The highest BCUT2D eigenvalue weighted by Crippen LogP contribution is 2.36. The summed E-state index contributed by atoms with van der Waals surface area (Å²) in [5, 5.41) is 0. The number of para-hydroxylation sites is 3.